The Morgan fingerprint density at radius 3 is 2.08 bits per heavy atom. The van der Waals surface area contributed by atoms with E-state index in [-0.39, 0.29) is 23.1 Å². The van der Waals surface area contributed by atoms with Gasteiger partial charge in [0.2, 0.25) is 19.8 Å². The molecule has 1 rings (SSSR count). The first-order valence-corrected chi connectivity index (χ1v) is 4.14. The van der Waals surface area contributed by atoms with E-state index in [4.69, 9.17) is 0 Å². The predicted molar refractivity (Wildman–Crippen MR) is 48.0 cm³/mol. The van der Waals surface area contributed by atoms with Gasteiger partial charge >= 0.3 is 0 Å². The molecule has 0 radical (unpaired) electrons. The van der Waals surface area contributed by atoms with Crippen LogP contribution in [0, 0.1) is 11.3 Å². The Bertz CT molecular complexity index is 232. The molecule has 0 aliphatic carbocycles. The van der Waals surface area contributed by atoms with E-state index < -0.39 is 0 Å². The van der Waals surface area contributed by atoms with Gasteiger partial charge < -0.3 is 4.81 Å². The molecule has 3 nitrogen and oxygen atoms in total. The number of hydrogen-bond acceptors (Lipinski definition) is 2. The largest absolute Gasteiger partial charge is 0.336 e. The van der Waals surface area contributed by atoms with Crippen molar-refractivity contribution in [2.75, 3.05) is 0 Å². The first kappa shape index (κ1) is 9.29. The molecule has 4 heteroatoms. The van der Waals surface area contributed by atoms with Crippen LogP contribution < -0.4 is 0 Å². The van der Waals surface area contributed by atoms with Gasteiger partial charge in [-0.3, -0.25) is 9.59 Å². The third kappa shape index (κ3) is 1.38. The molecule has 2 amide bonds. The van der Waals surface area contributed by atoms with Gasteiger partial charge in [0.1, 0.15) is 0 Å². The highest BCUT2D eigenvalue weighted by molar-refractivity contribution is 6.27. The number of carbonyl (C=O) groups is 2. The second-order valence-electron chi connectivity index (χ2n) is 4.41. The number of rotatable bonds is 0. The minimum absolute atomic E-state index is 0.0347. The Morgan fingerprint density at radius 1 is 1.42 bits per heavy atom. The molecular weight excluding hydrogens is 153 g/mol. The highest BCUT2D eigenvalue weighted by atomic mass is 16.2. The fourth-order valence-electron chi connectivity index (χ4n) is 1.43. The SMILES string of the molecule is BN1C(=O)CC(C(C)(C)C)C1=O. The van der Waals surface area contributed by atoms with Crippen LogP contribution >= 0.6 is 0 Å². The Kier molecular flexibility index (Phi) is 2.02. The first-order chi connectivity index (χ1) is 5.34. The number of amides is 2. The Morgan fingerprint density at radius 2 is 1.92 bits per heavy atom. The fourth-order valence-corrected chi connectivity index (χ4v) is 1.43. The van der Waals surface area contributed by atoms with E-state index in [9.17, 15) is 9.59 Å². The maximum atomic E-state index is 11.5. The number of hydrogen-bond donors (Lipinski definition) is 0. The van der Waals surface area contributed by atoms with Crippen LogP contribution in [0.5, 0.6) is 0 Å². The zero-order chi connectivity index (χ0) is 9.52. The molecule has 0 aromatic carbocycles. The minimum atomic E-state index is -0.130. The summed E-state index contributed by atoms with van der Waals surface area (Å²) in [5, 5.41) is 0. The van der Waals surface area contributed by atoms with Crippen LogP contribution in [0.3, 0.4) is 0 Å². The number of nitrogens with zero attached hydrogens (tertiary/aromatic N) is 1. The molecule has 0 saturated carbocycles. The molecule has 1 fully saturated rings. The standard InChI is InChI=1S/C8H14BNO2/c1-8(2,3)5-4-6(11)10(9)7(5)12/h5H,4,9H2,1-3H3. The van der Waals surface area contributed by atoms with Gasteiger partial charge in [-0.2, -0.15) is 0 Å². The summed E-state index contributed by atoms with van der Waals surface area (Å²) >= 11 is 0. The number of imide groups is 1. The second-order valence-corrected chi connectivity index (χ2v) is 4.41. The summed E-state index contributed by atoms with van der Waals surface area (Å²) in [6, 6.07) is 0. The Balaban J connectivity index is 2.86. The molecule has 0 aromatic heterocycles. The number of carbonyl (C=O) groups excluding carboxylic acids is 2. The van der Waals surface area contributed by atoms with E-state index >= 15 is 0 Å². The van der Waals surface area contributed by atoms with Crippen molar-refractivity contribution in [2.24, 2.45) is 11.3 Å². The van der Waals surface area contributed by atoms with Crippen LogP contribution in [-0.4, -0.2) is 24.6 Å². The van der Waals surface area contributed by atoms with Gasteiger partial charge in [0, 0.05) is 6.42 Å². The molecule has 1 heterocycles. The topological polar surface area (TPSA) is 37.4 Å². The van der Waals surface area contributed by atoms with Crippen LogP contribution in [0.2, 0.25) is 0 Å². The van der Waals surface area contributed by atoms with Crippen molar-refractivity contribution >= 4 is 19.8 Å². The Labute approximate surface area is 73.5 Å². The van der Waals surface area contributed by atoms with Crippen molar-refractivity contribution in [1.29, 1.82) is 0 Å². The van der Waals surface area contributed by atoms with Crippen molar-refractivity contribution < 1.29 is 9.59 Å². The van der Waals surface area contributed by atoms with Crippen LogP contribution in [0.25, 0.3) is 0 Å². The smallest absolute Gasteiger partial charge is 0.231 e. The lowest BCUT2D eigenvalue weighted by Gasteiger charge is -2.24. The van der Waals surface area contributed by atoms with Crippen LogP contribution in [0.4, 0.5) is 0 Å². The van der Waals surface area contributed by atoms with Gasteiger partial charge in [0.15, 0.2) is 0 Å². The molecule has 0 spiro atoms. The third-order valence-corrected chi connectivity index (χ3v) is 2.43. The van der Waals surface area contributed by atoms with E-state index in [0.717, 1.165) is 0 Å². The van der Waals surface area contributed by atoms with E-state index in [2.05, 4.69) is 0 Å². The lowest BCUT2D eigenvalue weighted by atomic mass is 9.80. The van der Waals surface area contributed by atoms with Crippen molar-refractivity contribution in [3.63, 3.8) is 0 Å². The van der Waals surface area contributed by atoms with Gasteiger partial charge in [-0.15, -0.1) is 0 Å². The van der Waals surface area contributed by atoms with Crippen LogP contribution in [-0.2, 0) is 9.59 Å². The minimum Gasteiger partial charge on any atom is -0.336 e. The first-order valence-electron chi connectivity index (χ1n) is 4.14. The summed E-state index contributed by atoms with van der Waals surface area (Å²) < 4.78 is 0. The lowest BCUT2D eigenvalue weighted by molar-refractivity contribution is -0.134. The van der Waals surface area contributed by atoms with Gasteiger partial charge in [-0.1, -0.05) is 20.8 Å². The van der Waals surface area contributed by atoms with Crippen molar-refractivity contribution in [3.05, 3.63) is 0 Å². The predicted octanol–water partition coefficient (Wildman–Crippen LogP) is -0.0443. The molecule has 0 aromatic rings. The summed E-state index contributed by atoms with van der Waals surface area (Å²) in [7, 11) is 1.55. The maximum Gasteiger partial charge on any atom is 0.231 e. The van der Waals surface area contributed by atoms with Crippen molar-refractivity contribution in [2.45, 2.75) is 27.2 Å². The van der Waals surface area contributed by atoms with Crippen LogP contribution in [0.1, 0.15) is 27.2 Å². The highest BCUT2D eigenvalue weighted by Gasteiger charge is 2.42. The third-order valence-electron chi connectivity index (χ3n) is 2.43. The average Bonchev–Trinajstić information content (AvgIpc) is 2.15. The monoisotopic (exact) mass is 167 g/mol. The molecule has 0 bridgehead atoms. The van der Waals surface area contributed by atoms with E-state index in [0.29, 0.717) is 6.42 Å². The molecule has 1 unspecified atom stereocenters. The zero-order valence-electron chi connectivity index (χ0n) is 8.05. The van der Waals surface area contributed by atoms with Gasteiger partial charge in [-0.05, 0) is 5.41 Å². The quantitative estimate of drug-likeness (QED) is 0.374. The van der Waals surface area contributed by atoms with E-state index in [1.165, 1.54) is 4.81 Å². The van der Waals surface area contributed by atoms with Gasteiger partial charge in [0.05, 0.1) is 5.92 Å². The Hall–Kier alpha value is -0.795. The lowest BCUT2D eigenvalue weighted by Crippen LogP contribution is -2.31. The van der Waals surface area contributed by atoms with E-state index in [1.54, 1.807) is 7.98 Å². The van der Waals surface area contributed by atoms with Gasteiger partial charge in [0.25, 0.3) is 0 Å². The molecule has 12 heavy (non-hydrogen) atoms. The zero-order valence-corrected chi connectivity index (χ0v) is 8.05. The van der Waals surface area contributed by atoms with Crippen molar-refractivity contribution in [1.82, 2.24) is 4.81 Å². The summed E-state index contributed by atoms with van der Waals surface area (Å²) in [6.45, 7) is 5.96. The molecule has 0 N–H and O–H groups in total. The van der Waals surface area contributed by atoms with Gasteiger partial charge in [-0.25, -0.2) is 0 Å². The second kappa shape index (κ2) is 2.61. The summed E-state index contributed by atoms with van der Waals surface area (Å²) in [6.07, 6.45) is 0.374. The average molecular weight is 167 g/mol. The summed E-state index contributed by atoms with van der Waals surface area (Å²) in [5.74, 6) is -0.220. The highest BCUT2D eigenvalue weighted by Crippen LogP contribution is 2.34. The molecule has 66 valence electrons. The molecular formula is C8H14BNO2. The van der Waals surface area contributed by atoms with Crippen LogP contribution in [0.15, 0.2) is 0 Å². The molecule has 1 saturated heterocycles. The van der Waals surface area contributed by atoms with E-state index in [1.807, 2.05) is 20.8 Å². The van der Waals surface area contributed by atoms with Crippen molar-refractivity contribution in [3.8, 4) is 0 Å². The summed E-state index contributed by atoms with van der Waals surface area (Å²) in [4.78, 5) is 23.8. The summed E-state index contributed by atoms with van der Waals surface area (Å²) in [5.41, 5.74) is -0.0997. The molecule has 1 atom stereocenters. The normalized spacial score (nSPS) is 25.2. The molecule has 1 aliphatic heterocycles. The maximum absolute atomic E-state index is 11.5. The fraction of sp³-hybridized carbons (Fsp3) is 0.750. The molecule has 1 aliphatic rings.